The van der Waals surface area contributed by atoms with Gasteiger partial charge in [0.25, 0.3) is 0 Å². The van der Waals surface area contributed by atoms with E-state index in [1.807, 2.05) is 26.0 Å². The van der Waals surface area contributed by atoms with Crippen molar-refractivity contribution in [3.05, 3.63) is 57.9 Å². The van der Waals surface area contributed by atoms with Crippen molar-refractivity contribution in [2.45, 2.75) is 33.1 Å². The van der Waals surface area contributed by atoms with Crippen molar-refractivity contribution in [1.29, 1.82) is 0 Å². The van der Waals surface area contributed by atoms with E-state index in [9.17, 15) is 4.79 Å². The van der Waals surface area contributed by atoms with Crippen LogP contribution in [0.4, 0.5) is 10.1 Å². The Morgan fingerprint density at radius 1 is 1.20 bits per heavy atom. The zero-order chi connectivity index (χ0) is 17.7. The fraction of sp³-hybridized carbons (Fsp3) is 0.286. The number of primary amides is 1. The number of halogens is 1. The molecule has 0 spiro atoms. The molecule has 2 aromatic carbocycles. The molecule has 1 amide bonds. The van der Waals surface area contributed by atoms with Crippen LogP contribution in [0.2, 0.25) is 0 Å². The lowest BCUT2D eigenvalue weighted by molar-refractivity contribution is 0.0999. The van der Waals surface area contributed by atoms with Gasteiger partial charge in [0.1, 0.15) is 5.82 Å². The van der Waals surface area contributed by atoms with Gasteiger partial charge in [-0.3, -0.25) is 4.79 Å². The summed E-state index contributed by atoms with van der Waals surface area (Å²) in [7, 11) is 0. The Bertz CT molecular complexity index is 943. The van der Waals surface area contributed by atoms with E-state index in [0.717, 1.165) is 52.9 Å². The fourth-order valence-corrected chi connectivity index (χ4v) is 4.03. The van der Waals surface area contributed by atoms with E-state index < -0.39 is 5.91 Å². The van der Waals surface area contributed by atoms with Gasteiger partial charge in [-0.05, 0) is 79.1 Å². The quantitative estimate of drug-likeness (QED) is 0.859. The van der Waals surface area contributed by atoms with Gasteiger partial charge in [0, 0.05) is 23.4 Å². The maximum absolute atomic E-state index is 15.0. The van der Waals surface area contributed by atoms with Gasteiger partial charge >= 0.3 is 0 Å². The predicted molar refractivity (Wildman–Crippen MR) is 99.1 cm³/mol. The van der Waals surface area contributed by atoms with Crippen LogP contribution < -0.4 is 11.1 Å². The lowest BCUT2D eigenvalue weighted by Gasteiger charge is -2.20. The van der Waals surface area contributed by atoms with Crippen molar-refractivity contribution in [3.63, 3.8) is 0 Å². The molecule has 2 aliphatic rings. The zero-order valence-corrected chi connectivity index (χ0v) is 14.5. The summed E-state index contributed by atoms with van der Waals surface area (Å²) in [4.78, 5) is 11.8. The summed E-state index contributed by atoms with van der Waals surface area (Å²) in [5, 5.41) is 3.38. The van der Waals surface area contributed by atoms with E-state index in [1.54, 1.807) is 0 Å². The number of allylic oxidation sites excluding steroid dienone is 2. The first-order chi connectivity index (χ1) is 12.0. The Kier molecular flexibility index (Phi) is 3.64. The highest BCUT2D eigenvalue weighted by Crippen LogP contribution is 2.43. The fourth-order valence-electron chi connectivity index (χ4n) is 4.03. The molecule has 3 N–H and O–H groups in total. The van der Waals surface area contributed by atoms with Crippen LogP contribution >= 0.6 is 0 Å². The second-order valence-corrected chi connectivity index (χ2v) is 6.98. The Morgan fingerprint density at radius 3 is 2.76 bits per heavy atom. The Hall–Kier alpha value is -2.62. The molecule has 0 fully saturated rings. The first-order valence-corrected chi connectivity index (χ1v) is 8.66. The maximum atomic E-state index is 15.0. The molecular formula is C21H21FN2O. The molecule has 1 aliphatic carbocycles. The summed E-state index contributed by atoms with van der Waals surface area (Å²) in [6, 6.07) is 7.37. The second-order valence-electron chi connectivity index (χ2n) is 6.98. The van der Waals surface area contributed by atoms with Crippen molar-refractivity contribution in [3.8, 4) is 11.1 Å². The maximum Gasteiger partial charge on any atom is 0.249 e. The van der Waals surface area contributed by atoms with E-state index >= 15 is 4.39 Å². The van der Waals surface area contributed by atoms with Gasteiger partial charge in [0.15, 0.2) is 0 Å². The van der Waals surface area contributed by atoms with E-state index in [1.165, 1.54) is 11.6 Å². The van der Waals surface area contributed by atoms with E-state index in [0.29, 0.717) is 17.5 Å². The van der Waals surface area contributed by atoms with Crippen molar-refractivity contribution < 1.29 is 9.18 Å². The smallest absolute Gasteiger partial charge is 0.249 e. The zero-order valence-electron chi connectivity index (χ0n) is 14.5. The molecule has 128 valence electrons. The van der Waals surface area contributed by atoms with Crippen molar-refractivity contribution in [2.75, 3.05) is 11.9 Å². The third-order valence-corrected chi connectivity index (χ3v) is 5.44. The number of carbonyl (C=O) groups is 1. The highest BCUT2D eigenvalue weighted by atomic mass is 19.1. The lowest BCUT2D eigenvalue weighted by Crippen LogP contribution is -2.15. The number of nitrogens with one attached hydrogen (secondary N) is 1. The number of hydrogen-bond acceptors (Lipinski definition) is 2. The number of fused-ring (bicyclic) bond motifs is 2. The van der Waals surface area contributed by atoms with Crippen LogP contribution in [0.5, 0.6) is 0 Å². The third-order valence-electron chi connectivity index (χ3n) is 5.44. The second kappa shape index (κ2) is 5.73. The molecule has 25 heavy (non-hydrogen) atoms. The number of nitrogens with two attached hydrogens (primary N) is 1. The monoisotopic (exact) mass is 336 g/mol. The molecule has 4 rings (SSSR count). The Balaban J connectivity index is 1.97. The highest BCUT2D eigenvalue weighted by molar-refractivity contribution is 6.00. The van der Waals surface area contributed by atoms with Gasteiger partial charge < -0.3 is 11.1 Å². The molecule has 0 saturated heterocycles. The normalized spacial score (nSPS) is 15.6. The summed E-state index contributed by atoms with van der Waals surface area (Å²) in [5.41, 5.74) is 13.5. The van der Waals surface area contributed by atoms with E-state index in [4.69, 9.17) is 5.73 Å². The number of rotatable bonds is 2. The van der Waals surface area contributed by atoms with Crippen LogP contribution in [-0.4, -0.2) is 12.5 Å². The Morgan fingerprint density at radius 2 is 2.00 bits per heavy atom. The third kappa shape index (κ3) is 2.44. The average Bonchev–Trinajstić information content (AvgIpc) is 2.89. The number of hydrogen-bond donors (Lipinski definition) is 2. The van der Waals surface area contributed by atoms with Crippen LogP contribution in [0, 0.1) is 5.82 Å². The van der Waals surface area contributed by atoms with Crippen molar-refractivity contribution in [1.82, 2.24) is 0 Å². The minimum atomic E-state index is -0.571. The van der Waals surface area contributed by atoms with E-state index in [2.05, 4.69) is 11.4 Å². The van der Waals surface area contributed by atoms with E-state index in [-0.39, 0.29) is 5.82 Å². The molecule has 0 unspecified atom stereocenters. The van der Waals surface area contributed by atoms with Gasteiger partial charge in [-0.2, -0.15) is 0 Å². The topological polar surface area (TPSA) is 55.1 Å². The number of benzene rings is 2. The molecule has 1 heterocycles. The van der Waals surface area contributed by atoms with Crippen molar-refractivity contribution >= 4 is 17.2 Å². The van der Waals surface area contributed by atoms with Crippen molar-refractivity contribution in [2.24, 2.45) is 5.73 Å². The number of aryl methyl sites for hydroxylation is 1. The van der Waals surface area contributed by atoms with Crippen LogP contribution in [0.25, 0.3) is 16.7 Å². The number of anilines is 1. The molecule has 2 aromatic rings. The molecule has 0 aromatic heterocycles. The molecule has 3 nitrogen and oxygen atoms in total. The molecular weight excluding hydrogens is 315 g/mol. The SMILES string of the molecule is CC1=C(C)c2c(c(C(N)=O)cc(F)c2-c2ccc3c(c2)CCCN3)C1. The van der Waals surface area contributed by atoms with Gasteiger partial charge in [0.2, 0.25) is 5.91 Å². The van der Waals surface area contributed by atoms with Gasteiger partial charge in [0.05, 0.1) is 0 Å². The first-order valence-electron chi connectivity index (χ1n) is 8.66. The largest absolute Gasteiger partial charge is 0.385 e. The predicted octanol–water partition coefficient (Wildman–Crippen LogP) is 4.30. The average molecular weight is 336 g/mol. The molecule has 0 bridgehead atoms. The standard InChI is InChI=1S/C21H21FN2O/c1-11-8-15-16(21(23)25)10-17(22)20(19(15)12(11)2)14-5-6-18-13(9-14)4-3-7-24-18/h5-6,9-10,24H,3-4,7-8H2,1-2H3,(H2,23,25). The summed E-state index contributed by atoms with van der Waals surface area (Å²) in [5.74, 6) is -0.954. The van der Waals surface area contributed by atoms with Gasteiger partial charge in [-0.25, -0.2) is 4.39 Å². The van der Waals surface area contributed by atoms with Crippen LogP contribution in [-0.2, 0) is 12.8 Å². The summed E-state index contributed by atoms with van der Waals surface area (Å²) in [6.45, 7) is 5.00. The van der Waals surface area contributed by atoms with Crippen LogP contribution in [0.15, 0.2) is 29.8 Å². The molecule has 1 aliphatic heterocycles. The number of amides is 1. The molecule has 0 radical (unpaired) electrons. The minimum absolute atomic E-state index is 0.298. The minimum Gasteiger partial charge on any atom is -0.385 e. The molecule has 0 atom stereocenters. The Labute approximate surface area is 146 Å². The summed E-state index contributed by atoms with van der Waals surface area (Å²) in [6.07, 6.45) is 2.72. The highest BCUT2D eigenvalue weighted by Gasteiger charge is 2.28. The van der Waals surface area contributed by atoms with Crippen LogP contribution in [0.1, 0.15) is 47.3 Å². The summed E-state index contributed by atoms with van der Waals surface area (Å²) >= 11 is 0. The number of carbonyl (C=O) groups excluding carboxylic acids is 1. The van der Waals surface area contributed by atoms with Gasteiger partial charge in [-0.15, -0.1) is 0 Å². The molecule has 0 saturated carbocycles. The van der Waals surface area contributed by atoms with Crippen LogP contribution in [0.3, 0.4) is 0 Å². The summed E-state index contributed by atoms with van der Waals surface area (Å²) < 4.78 is 15.0. The van der Waals surface area contributed by atoms with Gasteiger partial charge in [-0.1, -0.05) is 11.6 Å². The molecule has 4 heteroatoms. The first kappa shape index (κ1) is 15.9. The lowest BCUT2D eigenvalue weighted by atomic mass is 9.88.